The first kappa shape index (κ1) is 18.6. The van der Waals surface area contributed by atoms with Crippen molar-refractivity contribution in [3.05, 3.63) is 28.8 Å². The van der Waals surface area contributed by atoms with Crippen molar-refractivity contribution >= 4 is 5.91 Å². The topological polar surface area (TPSA) is 42.0 Å². The second-order valence-corrected chi connectivity index (χ2v) is 6.00. The molecular weight excluding hydrogens is 318 g/mol. The van der Waals surface area contributed by atoms with E-state index in [1.807, 2.05) is 0 Å². The predicted molar refractivity (Wildman–Crippen MR) is 86.8 cm³/mol. The maximum absolute atomic E-state index is 12.5. The number of morpholine rings is 1. The Bertz CT molecular complexity index is 552. The number of carbonyl (C=O) groups excluding carboxylic acids is 1. The standard InChI is InChI=1S/C17H24F2N2O3/c1-12-10-14(11-13(2)15(12)24-17(18)19)16(22)20(3)4-5-21-6-8-23-9-7-21/h10-11,17H,4-9H2,1-3H3. The Morgan fingerprint density at radius 3 is 2.42 bits per heavy atom. The number of aryl methyl sites for hydroxylation is 2. The number of ether oxygens (including phenoxy) is 2. The zero-order valence-corrected chi connectivity index (χ0v) is 14.3. The molecular formula is C17H24F2N2O3. The smallest absolute Gasteiger partial charge is 0.387 e. The van der Waals surface area contributed by atoms with Crippen molar-refractivity contribution in [3.8, 4) is 5.75 Å². The summed E-state index contributed by atoms with van der Waals surface area (Å²) in [5, 5.41) is 0. The predicted octanol–water partition coefficient (Wildman–Crippen LogP) is 2.31. The Labute approximate surface area is 141 Å². The van der Waals surface area contributed by atoms with E-state index in [9.17, 15) is 13.6 Å². The summed E-state index contributed by atoms with van der Waals surface area (Å²) in [4.78, 5) is 16.5. The van der Waals surface area contributed by atoms with Crippen molar-refractivity contribution in [2.24, 2.45) is 0 Å². The molecule has 0 unspecified atom stereocenters. The minimum absolute atomic E-state index is 0.127. The van der Waals surface area contributed by atoms with Crippen LogP contribution in [0.25, 0.3) is 0 Å². The first-order valence-electron chi connectivity index (χ1n) is 8.00. The summed E-state index contributed by atoms with van der Waals surface area (Å²) in [6, 6.07) is 3.19. The molecule has 24 heavy (non-hydrogen) atoms. The van der Waals surface area contributed by atoms with Crippen LogP contribution in [0.5, 0.6) is 5.75 Å². The molecule has 0 N–H and O–H groups in total. The highest BCUT2D eigenvalue weighted by Gasteiger charge is 2.18. The fourth-order valence-corrected chi connectivity index (χ4v) is 2.79. The van der Waals surface area contributed by atoms with Gasteiger partial charge in [-0.3, -0.25) is 9.69 Å². The van der Waals surface area contributed by atoms with Crippen LogP contribution in [0.15, 0.2) is 12.1 Å². The molecule has 0 atom stereocenters. The molecule has 2 rings (SSSR count). The van der Waals surface area contributed by atoms with Crippen molar-refractivity contribution in [2.45, 2.75) is 20.5 Å². The van der Waals surface area contributed by atoms with E-state index in [2.05, 4.69) is 9.64 Å². The first-order chi connectivity index (χ1) is 11.4. The van der Waals surface area contributed by atoms with E-state index in [1.165, 1.54) is 0 Å². The van der Waals surface area contributed by atoms with Crippen LogP contribution in [0.4, 0.5) is 8.78 Å². The van der Waals surface area contributed by atoms with Crippen LogP contribution < -0.4 is 4.74 Å². The molecule has 0 saturated carbocycles. The van der Waals surface area contributed by atoms with Crippen LogP contribution in [0, 0.1) is 13.8 Å². The minimum atomic E-state index is -2.87. The van der Waals surface area contributed by atoms with Crippen molar-refractivity contribution in [3.63, 3.8) is 0 Å². The number of hydrogen-bond acceptors (Lipinski definition) is 4. The van der Waals surface area contributed by atoms with E-state index in [0.717, 1.165) is 32.8 Å². The number of halogens is 2. The van der Waals surface area contributed by atoms with Gasteiger partial charge < -0.3 is 14.4 Å². The summed E-state index contributed by atoms with van der Waals surface area (Å²) in [7, 11) is 1.75. The Hall–Kier alpha value is -1.73. The molecule has 5 nitrogen and oxygen atoms in total. The van der Waals surface area contributed by atoms with Gasteiger partial charge in [-0.2, -0.15) is 8.78 Å². The SMILES string of the molecule is Cc1cc(C(=O)N(C)CCN2CCOCC2)cc(C)c1OC(F)F. The quantitative estimate of drug-likeness (QED) is 0.796. The summed E-state index contributed by atoms with van der Waals surface area (Å²) in [5.74, 6) is 0.00979. The van der Waals surface area contributed by atoms with Crippen LogP contribution in [0.2, 0.25) is 0 Å². The van der Waals surface area contributed by atoms with Crippen LogP contribution in [-0.4, -0.2) is 68.8 Å². The lowest BCUT2D eigenvalue weighted by Crippen LogP contribution is -2.41. The van der Waals surface area contributed by atoms with Gasteiger partial charge in [-0.05, 0) is 37.1 Å². The number of alkyl halides is 2. The molecule has 0 aliphatic carbocycles. The average molecular weight is 342 g/mol. The molecule has 134 valence electrons. The van der Waals surface area contributed by atoms with Gasteiger partial charge in [0.1, 0.15) is 5.75 Å². The second kappa shape index (κ2) is 8.39. The number of carbonyl (C=O) groups is 1. The molecule has 1 heterocycles. The summed E-state index contributed by atoms with van der Waals surface area (Å²) >= 11 is 0. The van der Waals surface area contributed by atoms with Gasteiger partial charge >= 0.3 is 6.61 Å². The van der Waals surface area contributed by atoms with Gasteiger partial charge in [-0.1, -0.05) is 0 Å². The van der Waals surface area contributed by atoms with Gasteiger partial charge in [0.05, 0.1) is 13.2 Å². The van der Waals surface area contributed by atoms with Crippen LogP contribution in [-0.2, 0) is 4.74 Å². The molecule has 1 aromatic carbocycles. The van der Waals surface area contributed by atoms with E-state index in [4.69, 9.17) is 4.74 Å². The highest BCUT2D eigenvalue weighted by atomic mass is 19.3. The van der Waals surface area contributed by atoms with Gasteiger partial charge in [-0.25, -0.2) is 0 Å². The lowest BCUT2D eigenvalue weighted by molar-refractivity contribution is -0.0507. The third kappa shape index (κ3) is 4.88. The highest BCUT2D eigenvalue weighted by Crippen LogP contribution is 2.26. The Balaban J connectivity index is 2.00. The molecule has 7 heteroatoms. The maximum Gasteiger partial charge on any atom is 0.387 e. The Morgan fingerprint density at radius 1 is 1.29 bits per heavy atom. The summed E-state index contributed by atoms with van der Waals surface area (Å²) in [6.45, 7) is 5.04. The zero-order chi connectivity index (χ0) is 17.7. The molecule has 0 aromatic heterocycles. The van der Waals surface area contributed by atoms with Crippen molar-refractivity contribution in [1.82, 2.24) is 9.80 Å². The third-order valence-corrected chi connectivity index (χ3v) is 4.12. The second-order valence-electron chi connectivity index (χ2n) is 6.00. The van der Waals surface area contributed by atoms with Gasteiger partial charge in [0.25, 0.3) is 5.91 Å². The average Bonchev–Trinajstić information content (AvgIpc) is 2.55. The van der Waals surface area contributed by atoms with Gasteiger partial charge in [0.15, 0.2) is 0 Å². The van der Waals surface area contributed by atoms with E-state index in [-0.39, 0.29) is 11.7 Å². The number of hydrogen-bond donors (Lipinski definition) is 0. The lowest BCUT2D eigenvalue weighted by atomic mass is 10.0. The Kier molecular flexibility index (Phi) is 6.51. The van der Waals surface area contributed by atoms with Crippen LogP contribution in [0.3, 0.4) is 0 Å². The molecule has 1 fully saturated rings. The highest BCUT2D eigenvalue weighted by molar-refractivity contribution is 5.94. The molecule has 1 aliphatic heterocycles. The third-order valence-electron chi connectivity index (χ3n) is 4.12. The van der Waals surface area contributed by atoms with Crippen LogP contribution >= 0.6 is 0 Å². The zero-order valence-electron chi connectivity index (χ0n) is 14.3. The van der Waals surface area contributed by atoms with E-state index in [1.54, 1.807) is 37.9 Å². The number of amides is 1. The van der Waals surface area contributed by atoms with Crippen molar-refractivity contribution in [2.75, 3.05) is 46.4 Å². The van der Waals surface area contributed by atoms with E-state index >= 15 is 0 Å². The molecule has 0 radical (unpaired) electrons. The first-order valence-corrected chi connectivity index (χ1v) is 8.00. The van der Waals surface area contributed by atoms with E-state index in [0.29, 0.717) is 23.2 Å². The number of likely N-dealkylation sites (N-methyl/N-ethyl adjacent to an activating group) is 1. The monoisotopic (exact) mass is 342 g/mol. The molecule has 0 spiro atoms. The molecule has 1 aliphatic rings. The lowest BCUT2D eigenvalue weighted by Gasteiger charge is -2.28. The number of nitrogens with zero attached hydrogens (tertiary/aromatic N) is 2. The van der Waals surface area contributed by atoms with Crippen molar-refractivity contribution in [1.29, 1.82) is 0 Å². The normalized spacial score (nSPS) is 15.6. The number of rotatable bonds is 6. The van der Waals surface area contributed by atoms with E-state index < -0.39 is 6.61 Å². The summed E-state index contributed by atoms with van der Waals surface area (Å²) < 4.78 is 34.7. The minimum Gasteiger partial charge on any atom is -0.434 e. The van der Waals surface area contributed by atoms with Crippen LogP contribution in [0.1, 0.15) is 21.5 Å². The van der Waals surface area contributed by atoms with Crippen molar-refractivity contribution < 1.29 is 23.0 Å². The Morgan fingerprint density at radius 2 is 1.88 bits per heavy atom. The number of benzene rings is 1. The van der Waals surface area contributed by atoms with Gasteiger partial charge in [0.2, 0.25) is 0 Å². The maximum atomic E-state index is 12.5. The molecule has 0 bridgehead atoms. The molecule has 1 saturated heterocycles. The fraction of sp³-hybridized carbons (Fsp3) is 0.588. The summed E-state index contributed by atoms with van der Waals surface area (Å²) in [5.41, 5.74) is 1.54. The van der Waals surface area contributed by atoms with Gasteiger partial charge in [0, 0.05) is 38.8 Å². The fourth-order valence-electron chi connectivity index (χ4n) is 2.79. The molecule has 1 amide bonds. The largest absolute Gasteiger partial charge is 0.434 e. The van der Waals surface area contributed by atoms with Gasteiger partial charge in [-0.15, -0.1) is 0 Å². The summed E-state index contributed by atoms with van der Waals surface area (Å²) in [6.07, 6.45) is 0. The molecule has 1 aromatic rings.